The Balaban J connectivity index is 1.81. The quantitative estimate of drug-likeness (QED) is 0.827. The molecule has 0 spiro atoms. The van der Waals surface area contributed by atoms with E-state index in [2.05, 4.69) is 15.5 Å². The number of hydrogen-bond donors (Lipinski definition) is 1. The minimum absolute atomic E-state index is 0.0738. The lowest BCUT2D eigenvalue weighted by Crippen LogP contribution is -2.30. The molecule has 1 aliphatic heterocycles. The van der Waals surface area contributed by atoms with Crippen molar-refractivity contribution in [3.63, 3.8) is 0 Å². The van der Waals surface area contributed by atoms with Crippen LogP contribution in [0.25, 0.3) is 0 Å². The molecular formula is C17H20N4O4S. The van der Waals surface area contributed by atoms with E-state index in [1.165, 1.54) is 11.3 Å². The molecule has 2 unspecified atom stereocenters. The average molecular weight is 376 g/mol. The van der Waals surface area contributed by atoms with Crippen molar-refractivity contribution >= 4 is 28.3 Å². The third kappa shape index (κ3) is 3.68. The molecule has 0 bridgehead atoms. The number of carbonyl (C=O) groups is 2. The fraction of sp³-hybridized carbons (Fsp3) is 0.412. The highest BCUT2D eigenvalue weighted by Crippen LogP contribution is 2.38. The molecule has 1 saturated heterocycles. The van der Waals surface area contributed by atoms with Crippen LogP contribution < -0.4 is 10.1 Å². The van der Waals surface area contributed by atoms with Gasteiger partial charge in [-0.15, -0.1) is 10.2 Å². The molecule has 1 aromatic carbocycles. The summed E-state index contributed by atoms with van der Waals surface area (Å²) in [7, 11) is 4.86. The van der Waals surface area contributed by atoms with Gasteiger partial charge in [-0.05, 0) is 17.7 Å². The molecule has 9 heteroatoms. The van der Waals surface area contributed by atoms with E-state index >= 15 is 0 Å². The van der Waals surface area contributed by atoms with Crippen LogP contribution >= 0.6 is 11.3 Å². The normalized spacial score (nSPS) is 19.7. The lowest BCUT2D eigenvalue weighted by Gasteiger charge is -2.25. The van der Waals surface area contributed by atoms with Crippen LogP contribution in [-0.4, -0.2) is 48.2 Å². The molecule has 8 nitrogen and oxygen atoms in total. The highest BCUT2D eigenvalue weighted by atomic mass is 32.1. The summed E-state index contributed by atoms with van der Waals surface area (Å²) in [6, 6.07) is 7.06. The minimum Gasteiger partial charge on any atom is -0.497 e. The van der Waals surface area contributed by atoms with E-state index in [4.69, 9.17) is 9.47 Å². The van der Waals surface area contributed by atoms with Crippen molar-refractivity contribution in [1.82, 2.24) is 15.1 Å². The largest absolute Gasteiger partial charge is 0.497 e. The van der Waals surface area contributed by atoms with Gasteiger partial charge in [-0.25, -0.2) is 0 Å². The molecule has 2 atom stereocenters. The number of carbonyl (C=O) groups excluding carboxylic acids is 2. The lowest BCUT2D eigenvalue weighted by atomic mass is 9.93. The Morgan fingerprint density at radius 3 is 2.92 bits per heavy atom. The van der Waals surface area contributed by atoms with Crippen LogP contribution in [0.4, 0.5) is 5.13 Å². The SMILES string of the molecule is COCc1nnc(NC(=O)C2CC(=O)N(C)C2c2cccc(OC)c2)s1. The van der Waals surface area contributed by atoms with Crippen LogP contribution in [-0.2, 0) is 20.9 Å². The van der Waals surface area contributed by atoms with E-state index in [1.807, 2.05) is 24.3 Å². The first-order valence-corrected chi connectivity index (χ1v) is 8.87. The maximum absolute atomic E-state index is 12.8. The molecule has 0 aliphatic carbocycles. The first-order chi connectivity index (χ1) is 12.5. The second-order valence-electron chi connectivity index (χ2n) is 5.96. The van der Waals surface area contributed by atoms with Crippen molar-refractivity contribution in [3.05, 3.63) is 34.8 Å². The highest BCUT2D eigenvalue weighted by molar-refractivity contribution is 7.15. The summed E-state index contributed by atoms with van der Waals surface area (Å²) in [5, 5.41) is 11.7. The number of methoxy groups -OCH3 is 2. The van der Waals surface area contributed by atoms with Gasteiger partial charge in [0, 0.05) is 20.6 Å². The maximum Gasteiger partial charge on any atom is 0.232 e. The van der Waals surface area contributed by atoms with Crippen molar-refractivity contribution in [2.45, 2.75) is 19.1 Å². The summed E-state index contributed by atoms with van der Waals surface area (Å²) in [5.41, 5.74) is 0.857. The molecule has 1 aromatic heterocycles. The topological polar surface area (TPSA) is 93.7 Å². The van der Waals surface area contributed by atoms with Crippen LogP contribution in [0, 0.1) is 5.92 Å². The zero-order valence-electron chi connectivity index (χ0n) is 14.8. The Bertz CT molecular complexity index is 810. The van der Waals surface area contributed by atoms with Gasteiger partial charge in [0.15, 0.2) is 0 Å². The van der Waals surface area contributed by atoms with Crippen molar-refractivity contribution in [3.8, 4) is 5.75 Å². The molecular weight excluding hydrogens is 356 g/mol. The molecule has 138 valence electrons. The van der Waals surface area contributed by atoms with Gasteiger partial charge < -0.3 is 19.7 Å². The second kappa shape index (κ2) is 7.79. The van der Waals surface area contributed by atoms with Crippen molar-refractivity contribution < 1.29 is 19.1 Å². The number of anilines is 1. The van der Waals surface area contributed by atoms with E-state index < -0.39 is 5.92 Å². The Morgan fingerprint density at radius 1 is 1.38 bits per heavy atom. The smallest absolute Gasteiger partial charge is 0.232 e. The van der Waals surface area contributed by atoms with Crippen LogP contribution in [0.5, 0.6) is 5.75 Å². The Labute approximate surface area is 155 Å². The summed E-state index contributed by atoms with van der Waals surface area (Å²) in [4.78, 5) is 26.6. The molecule has 1 N–H and O–H groups in total. The van der Waals surface area contributed by atoms with E-state index in [0.29, 0.717) is 22.5 Å². The maximum atomic E-state index is 12.8. The summed E-state index contributed by atoms with van der Waals surface area (Å²) >= 11 is 1.25. The predicted molar refractivity (Wildman–Crippen MR) is 95.9 cm³/mol. The second-order valence-corrected chi connectivity index (χ2v) is 7.02. The average Bonchev–Trinajstić information content (AvgIpc) is 3.20. The number of benzene rings is 1. The number of aromatic nitrogens is 2. The van der Waals surface area contributed by atoms with Crippen LogP contribution in [0.15, 0.2) is 24.3 Å². The number of amides is 2. The van der Waals surface area contributed by atoms with E-state index in [-0.39, 0.29) is 24.3 Å². The number of rotatable bonds is 6. The number of nitrogens with zero attached hydrogens (tertiary/aromatic N) is 3. The third-order valence-electron chi connectivity index (χ3n) is 4.32. The van der Waals surface area contributed by atoms with Crippen molar-refractivity contribution in [1.29, 1.82) is 0 Å². The summed E-state index contributed by atoms with van der Waals surface area (Å²) in [6.07, 6.45) is 0.147. The van der Waals surface area contributed by atoms with Gasteiger partial charge in [0.1, 0.15) is 17.4 Å². The fourth-order valence-corrected chi connectivity index (χ4v) is 3.79. The van der Waals surface area contributed by atoms with Crippen molar-refractivity contribution in [2.75, 3.05) is 26.6 Å². The Hall–Kier alpha value is -2.52. The van der Waals surface area contributed by atoms with E-state index in [9.17, 15) is 9.59 Å². The van der Waals surface area contributed by atoms with Crippen LogP contribution in [0.1, 0.15) is 23.0 Å². The lowest BCUT2D eigenvalue weighted by molar-refractivity contribution is -0.127. The zero-order chi connectivity index (χ0) is 18.7. The molecule has 26 heavy (non-hydrogen) atoms. The summed E-state index contributed by atoms with van der Waals surface area (Å²) < 4.78 is 10.3. The van der Waals surface area contributed by atoms with Crippen LogP contribution in [0.2, 0.25) is 0 Å². The van der Waals surface area contributed by atoms with Gasteiger partial charge in [-0.1, -0.05) is 23.5 Å². The molecule has 0 saturated carbocycles. The molecule has 2 amide bonds. The number of likely N-dealkylation sites (tertiary alicyclic amines) is 1. The fourth-order valence-electron chi connectivity index (χ4n) is 3.07. The first-order valence-electron chi connectivity index (χ1n) is 8.05. The van der Waals surface area contributed by atoms with E-state index in [0.717, 1.165) is 5.56 Å². The van der Waals surface area contributed by atoms with Gasteiger partial charge in [-0.3, -0.25) is 9.59 Å². The molecule has 2 aromatic rings. The molecule has 1 aliphatic rings. The molecule has 3 rings (SSSR count). The Kier molecular flexibility index (Phi) is 5.48. The highest BCUT2D eigenvalue weighted by Gasteiger charge is 2.43. The van der Waals surface area contributed by atoms with Gasteiger partial charge in [-0.2, -0.15) is 0 Å². The Morgan fingerprint density at radius 2 is 2.19 bits per heavy atom. The van der Waals surface area contributed by atoms with E-state index in [1.54, 1.807) is 26.2 Å². The van der Waals surface area contributed by atoms with Crippen LogP contribution in [0.3, 0.4) is 0 Å². The molecule has 2 heterocycles. The van der Waals surface area contributed by atoms with Gasteiger partial charge in [0.2, 0.25) is 16.9 Å². The van der Waals surface area contributed by atoms with Gasteiger partial charge in [0.05, 0.1) is 19.1 Å². The van der Waals surface area contributed by atoms with Gasteiger partial charge in [0.25, 0.3) is 0 Å². The summed E-state index contributed by atoms with van der Waals surface area (Å²) in [6.45, 7) is 0.338. The standard InChI is InChI=1S/C17H20N4O4S/c1-21-14(22)8-12(15(21)10-5-4-6-11(7-10)25-3)16(23)18-17-20-19-13(26-17)9-24-2/h4-7,12,15H,8-9H2,1-3H3,(H,18,20,23). The number of nitrogens with one attached hydrogen (secondary N) is 1. The number of ether oxygens (including phenoxy) is 2. The van der Waals surface area contributed by atoms with Gasteiger partial charge >= 0.3 is 0 Å². The molecule has 1 fully saturated rings. The minimum atomic E-state index is -0.519. The van der Waals surface area contributed by atoms with Crippen molar-refractivity contribution in [2.24, 2.45) is 5.92 Å². The molecule has 0 radical (unpaired) electrons. The summed E-state index contributed by atoms with van der Waals surface area (Å²) in [5.74, 6) is -0.164. The monoisotopic (exact) mass is 376 g/mol. The third-order valence-corrected chi connectivity index (χ3v) is 5.14. The zero-order valence-corrected chi connectivity index (χ0v) is 15.6. The predicted octanol–water partition coefficient (Wildman–Crippen LogP) is 1.85. The number of hydrogen-bond acceptors (Lipinski definition) is 7. The first kappa shape index (κ1) is 18.3.